The Bertz CT molecular complexity index is 169. The molecule has 90 valence electrons. The number of hydrogen-bond acceptors (Lipinski definition) is 2. The first-order chi connectivity index (χ1) is 7.06. The predicted molar refractivity (Wildman–Crippen MR) is 64.6 cm³/mol. The Kier molecular flexibility index (Phi) is 8.38. The zero-order valence-electron chi connectivity index (χ0n) is 10.4. The van der Waals surface area contributed by atoms with Gasteiger partial charge in [-0.05, 0) is 25.2 Å². The third-order valence-corrected chi connectivity index (χ3v) is 2.39. The second-order valence-corrected chi connectivity index (χ2v) is 4.64. The van der Waals surface area contributed by atoms with Gasteiger partial charge in [0.1, 0.15) is 0 Å². The molecule has 1 amide bonds. The van der Waals surface area contributed by atoms with Gasteiger partial charge in [-0.1, -0.05) is 27.2 Å². The van der Waals surface area contributed by atoms with Crippen molar-refractivity contribution in [3.8, 4) is 0 Å². The zero-order valence-corrected chi connectivity index (χ0v) is 10.4. The molecule has 0 heterocycles. The van der Waals surface area contributed by atoms with Gasteiger partial charge in [0.2, 0.25) is 5.91 Å². The van der Waals surface area contributed by atoms with Crippen molar-refractivity contribution in [2.75, 3.05) is 6.54 Å². The van der Waals surface area contributed by atoms with E-state index < -0.39 is 0 Å². The molecule has 0 aliphatic rings. The fourth-order valence-electron chi connectivity index (χ4n) is 1.52. The summed E-state index contributed by atoms with van der Waals surface area (Å²) in [6.07, 6.45) is 4.67. The molecule has 0 spiro atoms. The topological polar surface area (TPSA) is 55.1 Å². The first-order valence-corrected chi connectivity index (χ1v) is 6.08. The SMILES string of the molecule is CCCC(N)CC(=O)NCCCC(C)C. The summed E-state index contributed by atoms with van der Waals surface area (Å²) in [6, 6.07) is 0.0279. The first-order valence-electron chi connectivity index (χ1n) is 6.08. The van der Waals surface area contributed by atoms with Crippen LogP contribution >= 0.6 is 0 Å². The maximum Gasteiger partial charge on any atom is 0.221 e. The van der Waals surface area contributed by atoms with Crippen molar-refractivity contribution in [2.24, 2.45) is 11.7 Å². The van der Waals surface area contributed by atoms with Crippen molar-refractivity contribution in [1.82, 2.24) is 5.32 Å². The molecule has 0 aliphatic heterocycles. The van der Waals surface area contributed by atoms with Crippen LogP contribution in [0.2, 0.25) is 0 Å². The molecule has 3 heteroatoms. The minimum absolute atomic E-state index is 0.0279. The summed E-state index contributed by atoms with van der Waals surface area (Å²) < 4.78 is 0. The lowest BCUT2D eigenvalue weighted by Crippen LogP contribution is -2.32. The van der Waals surface area contributed by atoms with Gasteiger partial charge in [0, 0.05) is 19.0 Å². The Morgan fingerprint density at radius 3 is 2.53 bits per heavy atom. The van der Waals surface area contributed by atoms with Crippen LogP contribution in [0.4, 0.5) is 0 Å². The second kappa shape index (κ2) is 8.72. The number of amides is 1. The molecule has 0 fully saturated rings. The van der Waals surface area contributed by atoms with Crippen molar-refractivity contribution in [2.45, 2.75) is 58.9 Å². The van der Waals surface area contributed by atoms with Crippen LogP contribution in [0.25, 0.3) is 0 Å². The molecule has 0 aliphatic carbocycles. The highest BCUT2D eigenvalue weighted by Crippen LogP contribution is 2.02. The molecule has 0 aromatic rings. The van der Waals surface area contributed by atoms with E-state index in [-0.39, 0.29) is 11.9 Å². The lowest BCUT2D eigenvalue weighted by atomic mass is 10.1. The van der Waals surface area contributed by atoms with Gasteiger partial charge in [-0.3, -0.25) is 4.79 Å². The number of nitrogens with two attached hydrogens (primary N) is 1. The van der Waals surface area contributed by atoms with Gasteiger partial charge in [-0.15, -0.1) is 0 Å². The molecule has 0 radical (unpaired) electrons. The van der Waals surface area contributed by atoms with Gasteiger partial charge in [-0.25, -0.2) is 0 Å². The normalized spacial score (nSPS) is 12.9. The molecule has 0 aromatic carbocycles. The van der Waals surface area contributed by atoms with E-state index in [1.165, 1.54) is 6.42 Å². The Morgan fingerprint density at radius 2 is 2.00 bits per heavy atom. The lowest BCUT2D eigenvalue weighted by molar-refractivity contribution is -0.121. The van der Waals surface area contributed by atoms with Crippen LogP contribution in [0.3, 0.4) is 0 Å². The third kappa shape index (κ3) is 9.73. The van der Waals surface area contributed by atoms with E-state index in [0.717, 1.165) is 25.8 Å². The van der Waals surface area contributed by atoms with Gasteiger partial charge in [-0.2, -0.15) is 0 Å². The fraction of sp³-hybridized carbons (Fsp3) is 0.917. The molecule has 0 aromatic heterocycles. The van der Waals surface area contributed by atoms with Crippen LogP contribution in [0.1, 0.15) is 52.9 Å². The average molecular weight is 214 g/mol. The minimum Gasteiger partial charge on any atom is -0.356 e. The summed E-state index contributed by atoms with van der Waals surface area (Å²) in [7, 11) is 0. The van der Waals surface area contributed by atoms with Crippen LogP contribution in [0, 0.1) is 5.92 Å². The van der Waals surface area contributed by atoms with Gasteiger partial charge in [0.05, 0.1) is 0 Å². The minimum atomic E-state index is 0.0279. The largest absolute Gasteiger partial charge is 0.356 e. The molecular weight excluding hydrogens is 188 g/mol. The summed E-state index contributed by atoms with van der Waals surface area (Å²) >= 11 is 0. The fourth-order valence-corrected chi connectivity index (χ4v) is 1.52. The smallest absolute Gasteiger partial charge is 0.221 e. The van der Waals surface area contributed by atoms with E-state index >= 15 is 0 Å². The van der Waals surface area contributed by atoms with Crippen LogP contribution in [0.15, 0.2) is 0 Å². The summed E-state index contributed by atoms with van der Waals surface area (Å²) in [5.74, 6) is 0.809. The molecule has 1 unspecified atom stereocenters. The number of carbonyl (C=O) groups is 1. The third-order valence-electron chi connectivity index (χ3n) is 2.39. The Labute approximate surface area is 93.8 Å². The van der Waals surface area contributed by atoms with Gasteiger partial charge in [0.25, 0.3) is 0 Å². The predicted octanol–water partition coefficient (Wildman–Crippen LogP) is 2.06. The number of nitrogens with one attached hydrogen (secondary N) is 1. The Morgan fingerprint density at radius 1 is 1.33 bits per heavy atom. The number of carbonyl (C=O) groups excluding carboxylic acids is 1. The summed E-state index contributed by atoms with van der Waals surface area (Å²) in [5, 5.41) is 2.91. The summed E-state index contributed by atoms with van der Waals surface area (Å²) in [5.41, 5.74) is 5.78. The van der Waals surface area contributed by atoms with Crippen molar-refractivity contribution in [3.63, 3.8) is 0 Å². The molecule has 1 atom stereocenters. The van der Waals surface area contributed by atoms with Crippen LogP contribution in [-0.2, 0) is 4.79 Å². The van der Waals surface area contributed by atoms with E-state index in [1.807, 2.05) is 0 Å². The molecular formula is C12H26N2O. The highest BCUT2D eigenvalue weighted by Gasteiger charge is 2.07. The molecule has 0 saturated carbocycles. The highest BCUT2D eigenvalue weighted by atomic mass is 16.1. The van der Waals surface area contributed by atoms with Gasteiger partial charge >= 0.3 is 0 Å². The van der Waals surface area contributed by atoms with Crippen molar-refractivity contribution in [3.05, 3.63) is 0 Å². The van der Waals surface area contributed by atoms with E-state index in [9.17, 15) is 4.79 Å². The molecule has 3 N–H and O–H groups in total. The molecule has 0 rings (SSSR count). The van der Waals surface area contributed by atoms with Crippen LogP contribution in [0.5, 0.6) is 0 Å². The van der Waals surface area contributed by atoms with Gasteiger partial charge in [0.15, 0.2) is 0 Å². The van der Waals surface area contributed by atoms with E-state index in [1.54, 1.807) is 0 Å². The van der Waals surface area contributed by atoms with E-state index in [2.05, 4.69) is 26.1 Å². The maximum absolute atomic E-state index is 11.4. The quantitative estimate of drug-likeness (QED) is 0.608. The second-order valence-electron chi connectivity index (χ2n) is 4.64. The van der Waals surface area contributed by atoms with E-state index in [0.29, 0.717) is 12.3 Å². The molecule has 0 bridgehead atoms. The average Bonchev–Trinajstić information content (AvgIpc) is 2.12. The summed E-state index contributed by atoms with van der Waals surface area (Å²) in [4.78, 5) is 11.4. The van der Waals surface area contributed by atoms with Gasteiger partial charge < -0.3 is 11.1 Å². The zero-order chi connectivity index (χ0) is 11.7. The number of rotatable bonds is 8. The Balaban J connectivity index is 3.40. The number of hydrogen-bond donors (Lipinski definition) is 2. The van der Waals surface area contributed by atoms with Crippen LogP contribution in [-0.4, -0.2) is 18.5 Å². The van der Waals surface area contributed by atoms with Crippen molar-refractivity contribution >= 4 is 5.91 Å². The maximum atomic E-state index is 11.4. The molecule has 3 nitrogen and oxygen atoms in total. The van der Waals surface area contributed by atoms with Crippen molar-refractivity contribution < 1.29 is 4.79 Å². The highest BCUT2D eigenvalue weighted by molar-refractivity contribution is 5.76. The molecule has 15 heavy (non-hydrogen) atoms. The Hall–Kier alpha value is -0.570. The van der Waals surface area contributed by atoms with Crippen LogP contribution < -0.4 is 11.1 Å². The lowest BCUT2D eigenvalue weighted by Gasteiger charge is -2.10. The van der Waals surface area contributed by atoms with Crippen molar-refractivity contribution in [1.29, 1.82) is 0 Å². The molecule has 0 saturated heterocycles. The summed E-state index contributed by atoms with van der Waals surface area (Å²) in [6.45, 7) is 7.26. The standard InChI is InChI=1S/C12H26N2O/c1-4-6-11(13)9-12(15)14-8-5-7-10(2)3/h10-11H,4-9,13H2,1-3H3,(H,14,15). The first kappa shape index (κ1) is 14.4. The van der Waals surface area contributed by atoms with E-state index in [4.69, 9.17) is 5.73 Å². The monoisotopic (exact) mass is 214 g/mol.